The van der Waals surface area contributed by atoms with Gasteiger partial charge in [0.25, 0.3) is 0 Å². The van der Waals surface area contributed by atoms with E-state index in [2.05, 4.69) is 20.6 Å². The van der Waals surface area contributed by atoms with E-state index in [-0.39, 0.29) is 6.04 Å². The molecule has 0 amide bonds. The number of imidazole rings is 1. The summed E-state index contributed by atoms with van der Waals surface area (Å²) >= 11 is 0. The van der Waals surface area contributed by atoms with E-state index < -0.39 is 0 Å². The Hall–Kier alpha value is -1.07. The number of anilines is 1. The molecule has 1 unspecified atom stereocenters. The minimum atomic E-state index is 0.275. The van der Waals surface area contributed by atoms with E-state index in [4.69, 9.17) is 10.5 Å². The van der Waals surface area contributed by atoms with Crippen molar-refractivity contribution < 1.29 is 4.74 Å². The van der Waals surface area contributed by atoms with Crippen LogP contribution in [0.3, 0.4) is 0 Å². The Bertz CT molecular complexity index is 363. The molecule has 5 nitrogen and oxygen atoms in total. The molecule has 1 fully saturated rings. The van der Waals surface area contributed by atoms with Gasteiger partial charge in [0.15, 0.2) is 0 Å². The average Bonchev–Trinajstić information content (AvgIpc) is 2.68. The van der Waals surface area contributed by atoms with Crippen LogP contribution in [0.2, 0.25) is 0 Å². The summed E-state index contributed by atoms with van der Waals surface area (Å²) in [6, 6.07) is 0.275. The van der Waals surface area contributed by atoms with Crippen LogP contribution in [0.15, 0.2) is 6.20 Å². The van der Waals surface area contributed by atoms with Crippen LogP contribution in [0.4, 0.5) is 5.95 Å². The fourth-order valence-corrected chi connectivity index (χ4v) is 2.33. The highest BCUT2D eigenvalue weighted by Crippen LogP contribution is 2.19. The number of hydrogen-bond acceptors (Lipinski definition) is 4. The first-order chi connectivity index (χ1) is 8.20. The summed E-state index contributed by atoms with van der Waals surface area (Å²) in [5.41, 5.74) is 7.07. The van der Waals surface area contributed by atoms with Crippen molar-refractivity contribution in [2.75, 3.05) is 31.7 Å². The monoisotopic (exact) mass is 238 g/mol. The first-order valence-corrected chi connectivity index (χ1v) is 6.24. The van der Waals surface area contributed by atoms with Gasteiger partial charge in [-0.25, -0.2) is 4.98 Å². The van der Waals surface area contributed by atoms with Crippen molar-refractivity contribution in [3.8, 4) is 0 Å². The highest BCUT2D eigenvalue weighted by atomic mass is 16.5. The molecule has 0 aliphatic carbocycles. The molecule has 0 aromatic carbocycles. The normalized spacial score (nSPS) is 20.9. The number of hydrogen-bond donors (Lipinski definition) is 1. The lowest BCUT2D eigenvalue weighted by Gasteiger charge is -2.31. The first kappa shape index (κ1) is 12.4. The van der Waals surface area contributed by atoms with Gasteiger partial charge in [-0.05, 0) is 19.8 Å². The van der Waals surface area contributed by atoms with Crippen LogP contribution in [0.25, 0.3) is 0 Å². The average molecular weight is 238 g/mol. The van der Waals surface area contributed by atoms with E-state index in [1.165, 1.54) is 0 Å². The largest absolute Gasteiger partial charge is 0.383 e. The summed E-state index contributed by atoms with van der Waals surface area (Å²) in [5, 5.41) is 0. The second-order valence-corrected chi connectivity index (χ2v) is 4.72. The first-order valence-electron chi connectivity index (χ1n) is 6.24. The molecule has 2 N–H and O–H groups in total. The summed E-state index contributed by atoms with van der Waals surface area (Å²) in [6.07, 6.45) is 4.35. The van der Waals surface area contributed by atoms with E-state index in [9.17, 15) is 0 Å². The molecular weight excluding hydrogens is 216 g/mol. The van der Waals surface area contributed by atoms with Gasteiger partial charge in [0.1, 0.15) is 0 Å². The molecule has 1 atom stereocenters. The molecule has 0 saturated carbocycles. The molecule has 1 aromatic rings. The predicted molar refractivity (Wildman–Crippen MR) is 68.3 cm³/mol. The Morgan fingerprint density at radius 1 is 1.59 bits per heavy atom. The van der Waals surface area contributed by atoms with E-state index in [0.717, 1.165) is 44.1 Å². The number of nitrogens with two attached hydrogens (primary N) is 1. The molecule has 2 rings (SSSR count). The minimum Gasteiger partial charge on any atom is -0.383 e. The van der Waals surface area contributed by atoms with Crippen molar-refractivity contribution in [2.45, 2.75) is 32.4 Å². The second kappa shape index (κ2) is 5.51. The quantitative estimate of drug-likeness (QED) is 0.841. The predicted octanol–water partition coefficient (Wildman–Crippen LogP) is 0.765. The van der Waals surface area contributed by atoms with Gasteiger partial charge in [-0.15, -0.1) is 0 Å². The topological polar surface area (TPSA) is 56.3 Å². The summed E-state index contributed by atoms with van der Waals surface area (Å²) < 4.78 is 7.29. The molecular formula is C12H22N4O. The van der Waals surface area contributed by atoms with Crippen LogP contribution < -0.4 is 10.6 Å². The number of aromatic nitrogens is 2. The van der Waals surface area contributed by atoms with Crippen molar-refractivity contribution in [3.05, 3.63) is 11.9 Å². The maximum Gasteiger partial charge on any atom is 0.205 e. The Kier molecular flexibility index (Phi) is 4.02. The van der Waals surface area contributed by atoms with Crippen LogP contribution in [0.5, 0.6) is 0 Å². The Labute approximate surface area is 103 Å². The molecule has 1 aromatic heterocycles. The molecule has 5 heteroatoms. The van der Waals surface area contributed by atoms with Gasteiger partial charge >= 0.3 is 0 Å². The van der Waals surface area contributed by atoms with Crippen molar-refractivity contribution in [1.82, 2.24) is 9.55 Å². The number of aryl methyl sites for hydroxylation is 1. The van der Waals surface area contributed by atoms with Crippen molar-refractivity contribution in [1.29, 1.82) is 0 Å². The van der Waals surface area contributed by atoms with Gasteiger partial charge in [-0.2, -0.15) is 0 Å². The lowest BCUT2D eigenvalue weighted by atomic mass is 10.1. The third-order valence-electron chi connectivity index (χ3n) is 3.15. The fourth-order valence-electron chi connectivity index (χ4n) is 2.33. The molecule has 0 spiro atoms. The van der Waals surface area contributed by atoms with Gasteiger partial charge < -0.3 is 19.9 Å². The second-order valence-electron chi connectivity index (χ2n) is 4.72. The summed E-state index contributed by atoms with van der Waals surface area (Å²) in [4.78, 5) is 6.89. The molecule has 0 radical (unpaired) electrons. The number of piperidine rings is 1. The van der Waals surface area contributed by atoms with Gasteiger partial charge in [-0.1, -0.05) is 0 Å². The molecule has 17 heavy (non-hydrogen) atoms. The van der Waals surface area contributed by atoms with Crippen LogP contribution >= 0.6 is 0 Å². The molecule has 1 aliphatic rings. The van der Waals surface area contributed by atoms with E-state index in [1.807, 2.05) is 6.92 Å². The zero-order valence-electron chi connectivity index (χ0n) is 10.7. The lowest BCUT2D eigenvalue weighted by molar-refractivity contribution is 0.187. The van der Waals surface area contributed by atoms with Crippen LogP contribution in [-0.2, 0) is 11.3 Å². The number of methoxy groups -OCH3 is 1. The highest BCUT2D eigenvalue weighted by Gasteiger charge is 2.20. The SMILES string of the molecule is COCCn1cc(C)nc1N1CCCC(N)C1. The Morgan fingerprint density at radius 3 is 3.12 bits per heavy atom. The van der Waals surface area contributed by atoms with Crippen LogP contribution in [0.1, 0.15) is 18.5 Å². The Balaban J connectivity index is 2.12. The maximum absolute atomic E-state index is 6.02. The number of ether oxygens (including phenoxy) is 1. The van der Waals surface area contributed by atoms with Crippen molar-refractivity contribution in [3.63, 3.8) is 0 Å². The summed E-state index contributed by atoms with van der Waals surface area (Å²) in [6.45, 7) is 5.54. The molecule has 1 aliphatic heterocycles. The molecule has 2 heterocycles. The molecule has 1 saturated heterocycles. The van der Waals surface area contributed by atoms with Crippen LogP contribution in [0, 0.1) is 6.92 Å². The summed E-state index contributed by atoms with van der Waals surface area (Å²) in [5.74, 6) is 1.04. The third-order valence-corrected chi connectivity index (χ3v) is 3.15. The smallest absolute Gasteiger partial charge is 0.205 e. The highest BCUT2D eigenvalue weighted by molar-refractivity contribution is 5.34. The molecule has 0 bridgehead atoms. The van der Waals surface area contributed by atoms with Crippen molar-refractivity contribution in [2.24, 2.45) is 5.73 Å². The van der Waals surface area contributed by atoms with Gasteiger partial charge in [0.05, 0.1) is 12.3 Å². The number of rotatable bonds is 4. The zero-order chi connectivity index (χ0) is 12.3. The fraction of sp³-hybridized carbons (Fsp3) is 0.750. The molecule has 96 valence electrons. The van der Waals surface area contributed by atoms with Crippen LogP contribution in [-0.4, -0.2) is 42.4 Å². The lowest BCUT2D eigenvalue weighted by Crippen LogP contribution is -2.44. The Morgan fingerprint density at radius 2 is 2.41 bits per heavy atom. The minimum absolute atomic E-state index is 0.275. The zero-order valence-corrected chi connectivity index (χ0v) is 10.7. The van der Waals surface area contributed by atoms with E-state index in [0.29, 0.717) is 6.61 Å². The van der Waals surface area contributed by atoms with E-state index in [1.54, 1.807) is 7.11 Å². The van der Waals surface area contributed by atoms with Gasteiger partial charge in [-0.3, -0.25) is 0 Å². The standard InChI is InChI=1S/C12H22N4O/c1-10-8-16(6-7-17-2)12(14-10)15-5-3-4-11(13)9-15/h8,11H,3-7,9,13H2,1-2H3. The maximum atomic E-state index is 6.02. The van der Waals surface area contributed by atoms with Gasteiger partial charge in [0, 0.05) is 39.0 Å². The number of nitrogens with zero attached hydrogens (tertiary/aromatic N) is 3. The van der Waals surface area contributed by atoms with E-state index >= 15 is 0 Å². The summed E-state index contributed by atoms with van der Waals surface area (Å²) in [7, 11) is 1.72. The van der Waals surface area contributed by atoms with Gasteiger partial charge in [0.2, 0.25) is 5.95 Å². The third kappa shape index (κ3) is 2.98. The van der Waals surface area contributed by atoms with Crippen molar-refractivity contribution >= 4 is 5.95 Å².